The quantitative estimate of drug-likeness (QED) is 0.405. The van der Waals surface area contributed by atoms with Crippen molar-refractivity contribution < 1.29 is 9.90 Å². The zero-order chi connectivity index (χ0) is 11.7. The normalized spacial score (nSPS) is 14.9. The van der Waals surface area contributed by atoms with Crippen LogP contribution in [0.25, 0.3) is 0 Å². The van der Waals surface area contributed by atoms with E-state index in [1.807, 2.05) is 0 Å². The number of nitrogens with two attached hydrogens (primary N) is 2. The van der Waals surface area contributed by atoms with Crippen molar-refractivity contribution in [2.75, 3.05) is 19.7 Å². The number of nitrogens with one attached hydrogen (secondary N) is 1. The molecule has 0 aromatic heterocycles. The van der Waals surface area contributed by atoms with Crippen LogP contribution in [-0.2, 0) is 4.79 Å². The minimum Gasteiger partial charge on any atom is -0.396 e. The lowest BCUT2D eigenvalue weighted by atomic mass is 10.0. The lowest BCUT2D eigenvalue weighted by molar-refractivity contribution is -0.119. The highest BCUT2D eigenvalue weighted by Gasteiger charge is 2.10. The fraction of sp³-hybridized carbons (Fsp3) is 0.900. The Morgan fingerprint density at radius 2 is 2.07 bits per heavy atom. The first-order chi connectivity index (χ1) is 7.11. The van der Waals surface area contributed by atoms with E-state index in [1.54, 1.807) is 0 Å². The SMILES string of the molecule is CCCC(CCO)CNCC(N)C(N)=O. The lowest BCUT2D eigenvalue weighted by Crippen LogP contribution is -2.45. The van der Waals surface area contributed by atoms with Crippen molar-refractivity contribution in [3.63, 3.8) is 0 Å². The molecule has 15 heavy (non-hydrogen) atoms. The van der Waals surface area contributed by atoms with Gasteiger partial charge in [0, 0.05) is 13.2 Å². The fourth-order valence-corrected chi connectivity index (χ4v) is 1.48. The van der Waals surface area contributed by atoms with E-state index in [0.29, 0.717) is 12.5 Å². The van der Waals surface area contributed by atoms with E-state index in [4.69, 9.17) is 16.6 Å². The van der Waals surface area contributed by atoms with Crippen LogP contribution in [0.2, 0.25) is 0 Å². The molecule has 0 radical (unpaired) electrons. The largest absolute Gasteiger partial charge is 0.396 e. The topological polar surface area (TPSA) is 101 Å². The monoisotopic (exact) mass is 217 g/mol. The maximum atomic E-state index is 10.6. The molecule has 0 aromatic rings. The van der Waals surface area contributed by atoms with Crippen LogP contribution >= 0.6 is 0 Å². The second-order valence-electron chi connectivity index (χ2n) is 3.83. The number of aliphatic hydroxyl groups excluding tert-OH is 1. The van der Waals surface area contributed by atoms with E-state index >= 15 is 0 Å². The third-order valence-corrected chi connectivity index (χ3v) is 2.40. The van der Waals surface area contributed by atoms with Gasteiger partial charge in [0.25, 0.3) is 0 Å². The molecule has 1 amide bonds. The van der Waals surface area contributed by atoms with Gasteiger partial charge in [0.1, 0.15) is 0 Å². The Kier molecular flexibility index (Phi) is 8.27. The summed E-state index contributed by atoms with van der Waals surface area (Å²) in [7, 11) is 0. The van der Waals surface area contributed by atoms with E-state index in [9.17, 15) is 4.79 Å². The number of aliphatic hydroxyl groups is 1. The molecular weight excluding hydrogens is 194 g/mol. The number of carbonyl (C=O) groups is 1. The first-order valence-corrected chi connectivity index (χ1v) is 5.48. The molecule has 2 unspecified atom stereocenters. The van der Waals surface area contributed by atoms with E-state index in [-0.39, 0.29) is 6.61 Å². The standard InChI is InChI=1S/C10H23N3O2/c1-2-3-8(4-5-14)6-13-7-9(11)10(12)15/h8-9,13-14H,2-7,11H2,1H3,(H2,12,15). The Bertz CT molecular complexity index is 170. The first kappa shape index (κ1) is 14.3. The highest BCUT2D eigenvalue weighted by molar-refractivity contribution is 5.79. The van der Waals surface area contributed by atoms with Gasteiger partial charge in [-0.25, -0.2) is 0 Å². The Morgan fingerprint density at radius 3 is 2.53 bits per heavy atom. The molecule has 0 aliphatic carbocycles. The molecule has 0 heterocycles. The number of primary amides is 1. The zero-order valence-corrected chi connectivity index (χ0v) is 9.41. The van der Waals surface area contributed by atoms with E-state index in [2.05, 4.69) is 12.2 Å². The molecule has 0 fully saturated rings. The van der Waals surface area contributed by atoms with Gasteiger partial charge in [-0.05, 0) is 25.3 Å². The minimum atomic E-state index is -0.624. The third-order valence-electron chi connectivity index (χ3n) is 2.40. The highest BCUT2D eigenvalue weighted by atomic mass is 16.3. The maximum absolute atomic E-state index is 10.6. The number of rotatable bonds is 9. The summed E-state index contributed by atoms with van der Waals surface area (Å²) in [6.07, 6.45) is 2.94. The molecule has 0 bridgehead atoms. The van der Waals surface area contributed by atoms with Gasteiger partial charge in [0.2, 0.25) is 5.91 Å². The summed E-state index contributed by atoms with van der Waals surface area (Å²) < 4.78 is 0. The molecule has 0 aromatic carbocycles. The Morgan fingerprint density at radius 1 is 1.40 bits per heavy atom. The van der Waals surface area contributed by atoms with Gasteiger partial charge >= 0.3 is 0 Å². The van der Waals surface area contributed by atoms with E-state index in [1.165, 1.54) is 0 Å². The zero-order valence-electron chi connectivity index (χ0n) is 9.41. The lowest BCUT2D eigenvalue weighted by Gasteiger charge is -2.16. The molecule has 0 aliphatic rings. The summed E-state index contributed by atoms with van der Waals surface area (Å²) in [6.45, 7) is 3.49. The minimum absolute atomic E-state index is 0.203. The van der Waals surface area contributed by atoms with Gasteiger partial charge in [-0.15, -0.1) is 0 Å². The van der Waals surface area contributed by atoms with Crippen LogP contribution < -0.4 is 16.8 Å². The Labute approximate surface area is 91.2 Å². The van der Waals surface area contributed by atoms with E-state index in [0.717, 1.165) is 25.8 Å². The molecule has 90 valence electrons. The van der Waals surface area contributed by atoms with Crippen molar-refractivity contribution in [2.24, 2.45) is 17.4 Å². The Hall–Kier alpha value is -0.650. The van der Waals surface area contributed by atoms with Crippen LogP contribution in [0.15, 0.2) is 0 Å². The van der Waals surface area contributed by atoms with Crippen LogP contribution in [0, 0.1) is 5.92 Å². The molecular formula is C10H23N3O2. The molecule has 2 atom stereocenters. The predicted octanol–water partition coefficient (Wildman–Crippen LogP) is -0.813. The van der Waals surface area contributed by atoms with Crippen molar-refractivity contribution >= 4 is 5.91 Å². The molecule has 5 heteroatoms. The van der Waals surface area contributed by atoms with Crippen molar-refractivity contribution in [3.8, 4) is 0 Å². The second kappa shape index (κ2) is 8.64. The van der Waals surface area contributed by atoms with Crippen LogP contribution in [-0.4, -0.2) is 36.8 Å². The summed E-state index contributed by atoms with van der Waals surface area (Å²) in [5, 5.41) is 11.9. The van der Waals surface area contributed by atoms with Gasteiger partial charge in [-0.3, -0.25) is 4.79 Å². The summed E-state index contributed by atoms with van der Waals surface area (Å²) >= 11 is 0. The predicted molar refractivity (Wildman–Crippen MR) is 60.1 cm³/mol. The van der Waals surface area contributed by atoms with Crippen LogP contribution in [0.1, 0.15) is 26.2 Å². The molecule has 0 saturated carbocycles. The highest BCUT2D eigenvalue weighted by Crippen LogP contribution is 2.08. The summed E-state index contributed by atoms with van der Waals surface area (Å²) in [4.78, 5) is 10.6. The number of carbonyl (C=O) groups excluding carboxylic acids is 1. The molecule has 0 rings (SSSR count). The molecule has 0 spiro atoms. The maximum Gasteiger partial charge on any atom is 0.235 e. The Balaban J connectivity index is 3.64. The van der Waals surface area contributed by atoms with Crippen molar-refractivity contribution in [2.45, 2.75) is 32.2 Å². The fourth-order valence-electron chi connectivity index (χ4n) is 1.48. The van der Waals surface area contributed by atoms with Crippen molar-refractivity contribution in [3.05, 3.63) is 0 Å². The average molecular weight is 217 g/mol. The van der Waals surface area contributed by atoms with Gasteiger partial charge in [0.15, 0.2) is 0 Å². The molecule has 5 nitrogen and oxygen atoms in total. The summed E-state index contributed by atoms with van der Waals surface area (Å²) in [5.74, 6) is -0.0447. The van der Waals surface area contributed by atoms with Gasteiger partial charge < -0.3 is 21.9 Å². The number of hydrogen-bond acceptors (Lipinski definition) is 4. The summed E-state index contributed by atoms with van der Waals surface area (Å²) in [6, 6.07) is -0.624. The molecule has 0 saturated heterocycles. The van der Waals surface area contributed by atoms with Crippen molar-refractivity contribution in [1.82, 2.24) is 5.32 Å². The second-order valence-corrected chi connectivity index (χ2v) is 3.83. The third kappa shape index (κ3) is 7.30. The number of amides is 1. The van der Waals surface area contributed by atoms with Crippen LogP contribution in [0.3, 0.4) is 0 Å². The number of hydrogen-bond donors (Lipinski definition) is 4. The average Bonchev–Trinajstić information content (AvgIpc) is 2.18. The van der Waals surface area contributed by atoms with Gasteiger partial charge in [0.05, 0.1) is 6.04 Å². The van der Waals surface area contributed by atoms with Crippen LogP contribution in [0.4, 0.5) is 0 Å². The van der Waals surface area contributed by atoms with Gasteiger partial charge in [-0.2, -0.15) is 0 Å². The molecule has 0 aliphatic heterocycles. The van der Waals surface area contributed by atoms with Gasteiger partial charge in [-0.1, -0.05) is 13.3 Å². The molecule has 6 N–H and O–H groups in total. The first-order valence-electron chi connectivity index (χ1n) is 5.48. The van der Waals surface area contributed by atoms with Crippen molar-refractivity contribution in [1.29, 1.82) is 0 Å². The summed E-state index contributed by atoms with van der Waals surface area (Å²) in [5.41, 5.74) is 10.5. The smallest absolute Gasteiger partial charge is 0.235 e. The van der Waals surface area contributed by atoms with Crippen LogP contribution in [0.5, 0.6) is 0 Å². The van der Waals surface area contributed by atoms with E-state index < -0.39 is 11.9 Å².